The van der Waals surface area contributed by atoms with Gasteiger partial charge in [0.05, 0.1) is 22.1 Å². The Morgan fingerprint density at radius 2 is 0.841 bits per heavy atom. The molecule has 0 amide bonds. The van der Waals surface area contributed by atoms with Gasteiger partial charge in [-0.25, -0.2) is 0 Å². The molecule has 2 nitrogen and oxygen atoms in total. The SMILES string of the molecule is c1ccc(N(c2ccc(-c3ccc4c5ccccc5c5ccccc5c4c3)cc2)c2ccc3c(c2)-c2ccccc2C32c3ccccc3-n3c4ccccc4c4cccc2c43)cc1. The van der Waals surface area contributed by atoms with Gasteiger partial charge in [0.15, 0.2) is 0 Å². The van der Waals surface area contributed by atoms with Crippen LogP contribution in [0.2, 0.25) is 0 Å². The Balaban J connectivity index is 0.942. The Labute approximate surface area is 365 Å². The van der Waals surface area contributed by atoms with E-state index in [0.717, 1.165) is 17.1 Å². The van der Waals surface area contributed by atoms with Crippen molar-refractivity contribution in [3.05, 3.63) is 253 Å². The van der Waals surface area contributed by atoms with Gasteiger partial charge in [-0.3, -0.25) is 0 Å². The van der Waals surface area contributed by atoms with Gasteiger partial charge >= 0.3 is 0 Å². The average Bonchev–Trinajstić information content (AvgIpc) is 3.85. The predicted octanol–water partition coefficient (Wildman–Crippen LogP) is 16.1. The first kappa shape index (κ1) is 34.5. The number of hydrogen-bond donors (Lipinski definition) is 0. The summed E-state index contributed by atoms with van der Waals surface area (Å²) in [7, 11) is 0. The van der Waals surface area contributed by atoms with Gasteiger partial charge in [-0.05, 0) is 131 Å². The van der Waals surface area contributed by atoms with Crippen LogP contribution in [-0.4, -0.2) is 4.57 Å². The van der Waals surface area contributed by atoms with Gasteiger partial charge in [-0.15, -0.1) is 0 Å². The molecule has 0 N–H and O–H groups in total. The Kier molecular flexibility index (Phi) is 7.07. The van der Waals surface area contributed by atoms with E-state index in [1.54, 1.807) is 0 Å². The zero-order valence-corrected chi connectivity index (χ0v) is 34.3. The van der Waals surface area contributed by atoms with Crippen molar-refractivity contribution in [1.82, 2.24) is 4.57 Å². The third kappa shape index (κ3) is 4.62. The zero-order valence-electron chi connectivity index (χ0n) is 34.3. The van der Waals surface area contributed by atoms with Gasteiger partial charge in [0.1, 0.15) is 0 Å². The Hall–Kier alpha value is -8.20. The molecule has 1 atom stereocenters. The topological polar surface area (TPSA) is 8.17 Å². The smallest absolute Gasteiger partial charge is 0.0754 e. The van der Waals surface area contributed by atoms with Crippen LogP contribution in [0.1, 0.15) is 22.3 Å². The molecule has 0 saturated carbocycles. The standard InChI is InChI=1S/C61H38N2/c1-2-15-41(16-3-1)62(42-32-29-39(30-33-42)40-31-35-48-46-19-5-4-17-44(46)45-18-6-7-20-47(45)52(48)37-40)43-34-36-55-53(38-43)49-21-8-10-24-54(49)61(55)56-25-11-13-28-59(56)63-58-27-12-9-22-50(58)51-23-14-26-57(61)60(51)63/h1-38H. The molecule has 2 aliphatic rings. The van der Waals surface area contributed by atoms with E-state index >= 15 is 0 Å². The lowest BCUT2D eigenvalue weighted by atomic mass is 9.65. The number of hydrogen-bond acceptors (Lipinski definition) is 1. The van der Waals surface area contributed by atoms with E-state index in [9.17, 15) is 0 Å². The summed E-state index contributed by atoms with van der Waals surface area (Å²) in [5, 5.41) is 10.3. The third-order valence-electron chi connectivity index (χ3n) is 14.2. The molecule has 0 radical (unpaired) electrons. The van der Waals surface area contributed by atoms with E-state index in [4.69, 9.17) is 0 Å². The van der Waals surface area contributed by atoms with Crippen molar-refractivity contribution in [3.8, 4) is 27.9 Å². The molecule has 2 heterocycles. The quantitative estimate of drug-likeness (QED) is 0.161. The second-order valence-electron chi connectivity index (χ2n) is 17.2. The van der Waals surface area contributed by atoms with Crippen molar-refractivity contribution in [1.29, 1.82) is 0 Å². The highest BCUT2D eigenvalue weighted by Gasteiger charge is 2.50. The van der Waals surface area contributed by atoms with E-state index in [2.05, 4.69) is 240 Å². The molecule has 1 aliphatic heterocycles. The molecule has 11 aromatic carbocycles. The number of anilines is 3. The predicted molar refractivity (Wildman–Crippen MR) is 264 cm³/mol. The molecule has 1 unspecified atom stereocenters. The van der Waals surface area contributed by atoms with Gasteiger partial charge in [0.2, 0.25) is 0 Å². The van der Waals surface area contributed by atoms with E-state index in [1.165, 1.54) is 104 Å². The second kappa shape index (κ2) is 12.9. The fourth-order valence-electron chi connectivity index (χ4n) is 11.6. The monoisotopic (exact) mass is 798 g/mol. The number of para-hydroxylation sites is 4. The van der Waals surface area contributed by atoms with Crippen molar-refractivity contribution >= 4 is 71.2 Å². The first-order valence-electron chi connectivity index (χ1n) is 21.9. The minimum Gasteiger partial charge on any atom is -0.310 e. The number of rotatable bonds is 4. The van der Waals surface area contributed by atoms with Crippen molar-refractivity contribution < 1.29 is 0 Å². The molecule has 63 heavy (non-hydrogen) atoms. The van der Waals surface area contributed by atoms with Crippen LogP contribution in [0.3, 0.4) is 0 Å². The van der Waals surface area contributed by atoms with Gasteiger partial charge < -0.3 is 9.47 Å². The van der Waals surface area contributed by atoms with Gasteiger partial charge in [0.25, 0.3) is 0 Å². The molecule has 1 spiro atoms. The molecular weight excluding hydrogens is 761 g/mol. The second-order valence-corrected chi connectivity index (χ2v) is 17.2. The van der Waals surface area contributed by atoms with Crippen LogP contribution in [0.5, 0.6) is 0 Å². The first-order valence-corrected chi connectivity index (χ1v) is 21.9. The Morgan fingerprint density at radius 3 is 1.62 bits per heavy atom. The fourth-order valence-corrected chi connectivity index (χ4v) is 11.6. The van der Waals surface area contributed by atoms with Crippen LogP contribution in [-0.2, 0) is 5.41 Å². The molecule has 2 heteroatoms. The van der Waals surface area contributed by atoms with Gasteiger partial charge in [-0.1, -0.05) is 176 Å². The minimum absolute atomic E-state index is 0.484. The van der Waals surface area contributed by atoms with Crippen molar-refractivity contribution in [2.45, 2.75) is 5.41 Å². The summed E-state index contributed by atoms with van der Waals surface area (Å²) in [5.74, 6) is 0. The van der Waals surface area contributed by atoms with Crippen molar-refractivity contribution in [2.75, 3.05) is 4.90 Å². The fraction of sp³-hybridized carbons (Fsp3) is 0.0164. The molecule has 0 saturated heterocycles. The maximum absolute atomic E-state index is 2.51. The van der Waals surface area contributed by atoms with Crippen LogP contribution in [0.15, 0.2) is 231 Å². The number of benzene rings is 11. The largest absolute Gasteiger partial charge is 0.310 e. The normalized spacial score (nSPS) is 14.7. The molecular formula is C61H38N2. The third-order valence-corrected chi connectivity index (χ3v) is 14.2. The van der Waals surface area contributed by atoms with Crippen LogP contribution in [0, 0.1) is 0 Å². The molecule has 0 bridgehead atoms. The highest BCUT2D eigenvalue weighted by molar-refractivity contribution is 6.25. The lowest BCUT2D eigenvalue weighted by Crippen LogP contribution is -2.33. The van der Waals surface area contributed by atoms with Crippen molar-refractivity contribution in [3.63, 3.8) is 0 Å². The maximum Gasteiger partial charge on any atom is 0.0754 e. The summed E-state index contributed by atoms with van der Waals surface area (Å²) in [5.41, 5.74) is 16.9. The minimum atomic E-state index is -0.484. The van der Waals surface area contributed by atoms with Gasteiger partial charge in [-0.2, -0.15) is 0 Å². The summed E-state index contributed by atoms with van der Waals surface area (Å²) in [6.07, 6.45) is 0. The number of nitrogens with zero attached hydrogens (tertiary/aromatic N) is 2. The number of aromatic nitrogens is 1. The summed E-state index contributed by atoms with van der Waals surface area (Å²) in [6, 6.07) is 85.8. The Bertz CT molecular complexity index is 3820. The summed E-state index contributed by atoms with van der Waals surface area (Å²) in [6.45, 7) is 0. The molecule has 0 fully saturated rings. The van der Waals surface area contributed by atoms with Crippen molar-refractivity contribution in [2.24, 2.45) is 0 Å². The highest BCUT2D eigenvalue weighted by atomic mass is 15.1. The summed E-state index contributed by atoms with van der Waals surface area (Å²) >= 11 is 0. The number of fused-ring (bicyclic) bond motifs is 18. The summed E-state index contributed by atoms with van der Waals surface area (Å²) in [4.78, 5) is 2.41. The van der Waals surface area contributed by atoms with Crippen LogP contribution >= 0.6 is 0 Å². The van der Waals surface area contributed by atoms with Crippen LogP contribution < -0.4 is 4.90 Å². The Morgan fingerprint density at radius 1 is 0.302 bits per heavy atom. The van der Waals surface area contributed by atoms with E-state index in [1.807, 2.05) is 0 Å². The van der Waals surface area contributed by atoms with Crippen LogP contribution in [0.4, 0.5) is 17.1 Å². The highest BCUT2D eigenvalue weighted by Crippen LogP contribution is 2.61. The van der Waals surface area contributed by atoms with E-state index in [-0.39, 0.29) is 0 Å². The van der Waals surface area contributed by atoms with E-state index < -0.39 is 5.41 Å². The molecule has 1 aromatic heterocycles. The molecule has 1 aliphatic carbocycles. The first-order chi connectivity index (χ1) is 31.3. The lowest BCUT2D eigenvalue weighted by molar-refractivity contribution is 0.748. The molecule has 14 rings (SSSR count). The zero-order chi connectivity index (χ0) is 41.2. The average molecular weight is 799 g/mol. The summed E-state index contributed by atoms with van der Waals surface area (Å²) < 4.78 is 2.51. The molecule has 292 valence electrons. The van der Waals surface area contributed by atoms with Crippen LogP contribution in [0.25, 0.3) is 82.1 Å². The lowest BCUT2D eigenvalue weighted by Gasteiger charge is -2.39. The van der Waals surface area contributed by atoms with E-state index in [0.29, 0.717) is 0 Å². The van der Waals surface area contributed by atoms with Gasteiger partial charge in [0, 0.05) is 27.8 Å². The maximum atomic E-state index is 2.51. The molecule has 12 aromatic rings.